The molecule has 0 spiro atoms. The zero-order valence-corrected chi connectivity index (χ0v) is 10.6. The van der Waals surface area contributed by atoms with Gasteiger partial charge in [0.05, 0.1) is 6.04 Å². The zero-order chi connectivity index (χ0) is 12.1. The highest BCUT2D eigenvalue weighted by atomic mass is 16.5. The van der Waals surface area contributed by atoms with E-state index >= 15 is 0 Å². The third kappa shape index (κ3) is 3.76. The average molecular weight is 228 g/mol. The fraction of sp³-hybridized carbons (Fsp3) is 0.917. The van der Waals surface area contributed by atoms with Crippen molar-refractivity contribution in [1.29, 1.82) is 0 Å². The fourth-order valence-electron chi connectivity index (χ4n) is 2.12. The third-order valence-corrected chi connectivity index (χ3v) is 3.13. The van der Waals surface area contributed by atoms with E-state index < -0.39 is 0 Å². The number of nitrogens with zero attached hydrogens (tertiary/aromatic N) is 1. The summed E-state index contributed by atoms with van der Waals surface area (Å²) in [7, 11) is 1.86. The quantitative estimate of drug-likeness (QED) is 0.781. The van der Waals surface area contributed by atoms with Crippen molar-refractivity contribution in [3.63, 3.8) is 0 Å². The Labute approximate surface area is 98.1 Å². The third-order valence-electron chi connectivity index (χ3n) is 3.13. The van der Waals surface area contributed by atoms with Gasteiger partial charge in [-0.25, -0.2) is 0 Å². The molecule has 1 aliphatic heterocycles. The topological polar surface area (TPSA) is 55.6 Å². The van der Waals surface area contributed by atoms with Gasteiger partial charge >= 0.3 is 0 Å². The van der Waals surface area contributed by atoms with Gasteiger partial charge in [0.25, 0.3) is 0 Å². The van der Waals surface area contributed by atoms with Gasteiger partial charge < -0.3 is 15.4 Å². The van der Waals surface area contributed by atoms with Crippen LogP contribution in [-0.2, 0) is 9.53 Å². The second-order valence-corrected chi connectivity index (χ2v) is 5.03. The van der Waals surface area contributed by atoms with Crippen molar-refractivity contribution in [3.8, 4) is 0 Å². The first-order chi connectivity index (χ1) is 7.52. The van der Waals surface area contributed by atoms with Crippen LogP contribution in [0.2, 0.25) is 0 Å². The number of ether oxygens (including phenoxy) is 1. The van der Waals surface area contributed by atoms with Crippen LogP contribution in [0, 0.1) is 5.92 Å². The molecule has 4 heteroatoms. The smallest absolute Gasteiger partial charge is 0.239 e. The summed E-state index contributed by atoms with van der Waals surface area (Å²) in [6, 6.07) is -0.0488. The minimum absolute atomic E-state index is 0.0700. The molecule has 1 amide bonds. The highest BCUT2D eigenvalue weighted by molar-refractivity contribution is 5.81. The number of amides is 1. The molecule has 1 aliphatic rings. The van der Waals surface area contributed by atoms with E-state index in [4.69, 9.17) is 10.5 Å². The van der Waals surface area contributed by atoms with Crippen molar-refractivity contribution in [1.82, 2.24) is 4.90 Å². The molecule has 16 heavy (non-hydrogen) atoms. The summed E-state index contributed by atoms with van der Waals surface area (Å²) >= 11 is 0. The number of nitrogens with two attached hydrogens (primary N) is 1. The van der Waals surface area contributed by atoms with Crippen molar-refractivity contribution >= 4 is 5.91 Å². The Morgan fingerprint density at radius 3 is 2.50 bits per heavy atom. The van der Waals surface area contributed by atoms with Crippen LogP contribution in [0.25, 0.3) is 0 Å². The van der Waals surface area contributed by atoms with Gasteiger partial charge in [0.1, 0.15) is 0 Å². The van der Waals surface area contributed by atoms with Gasteiger partial charge in [0.2, 0.25) is 5.91 Å². The van der Waals surface area contributed by atoms with Crippen molar-refractivity contribution in [2.45, 2.75) is 45.2 Å². The lowest BCUT2D eigenvalue weighted by Gasteiger charge is -2.33. The first-order valence-electron chi connectivity index (χ1n) is 6.12. The summed E-state index contributed by atoms with van der Waals surface area (Å²) in [4.78, 5) is 13.9. The van der Waals surface area contributed by atoms with E-state index in [-0.39, 0.29) is 11.9 Å². The summed E-state index contributed by atoms with van der Waals surface area (Å²) in [5, 5.41) is 0. The van der Waals surface area contributed by atoms with E-state index in [0.717, 1.165) is 32.5 Å². The van der Waals surface area contributed by atoms with E-state index in [1.165, 1.54) is 0 Å². The van der Waals surface area contributed by atoms with Gasteiger partial charge in [-0.3, -0.25) is 4.79 Å². The van der Waals surface area contributed by atoms with E-state index in [0.29, 0.717) is 12.0 Å². The number of carbonyl (C=O) groups is 1. The normalized spacial score (nSPS) is 19.8. The molecule has 0 aromatic carbocycles. The van der Waals surface area contributed by atoms with Gasteiger partial charge in [-0.05, 0) is 25.2 Å². The van der Waals surface area contributed by atoms with Crippen LogP contribution < -0.4 is 5.73 Å². The van der Waals surface area contributed by atoms with E-state index in [1.807, 2.05) is 11.9 Å². The van der Waals surface area contributed by atoms with Crippen LogP contribution in [0.3, 0.4) is 0 Å². The molecule has 0 aromatic rings. The number of hydrogen-bond donors (Lipinski definition) is 1. The molecule has 0 aromatic heterocycles. The van der Waals surface area contributed by atoms with Crippen LogP contribution in [0.4, 0.5) is 0 Å². The lowest BCUT2D eigenvalue weighted by molar-refractivity contribution is -0.135. The Balaban J connectivity index is 2.45. The molecular formula is C12H24N2O2. The monoisotopic (exact) mass is 228 g/mol. The predicted octanol–water partition coefficient (Wildman–Crippen LogP) is 0.997. The maximum atomic E-state index is 12.0. The Kier molecular flexibility index (Phi) is 5.22. The molecule has 0 saturated carbocycles. The lowest BCUT2D eigenvalue weighted by atomic mass is 10.0. The Bertz CT molecular complexity index is 225. The Morgan fingerprint density at radius 2 is 2.00 bits per heavy atom. The molecule has 1 saturated heterocycles. The number of carbonyl (C=O) groups excluding carboxylic acids is 1. The van der Waals surface area contributed by atoms with Crippen LogP contribution in [-0.4, -0.2) is 43.2 Å². The van der Waals surface area contributed by atoms with Crippen molar-refractivity contribution < 1.29 is 9.53 Å². The molecule has 1 atom stereocenters. The fourth-order valence-corrected chi connectivity index (χ4v) is 2.12. The zero-order valence-electron chi connectivity index (χ0n) is 10.6. The highest BCUT2D eigenvalue weighted by Gasteiger charge is 2.26. The molecule has 0 bridgehead atoms. The number of rotatable bonds is 4. The number of likely N-dealkylation sites (N-methyl/N-ethyl adjacent to an activating group) is 1. The summed E-state index contributed by atoms with van der Waals surface area (Å²) in [5.41, 5.74) is 5.90. The van der Waals surface area contributed by atoms with E-state index in [1.54, 1.807) is 0 Å². The van der Waals surface area contributed by atoms with Gasteiger partial charge in [0.15, 0.2) is 0 Å². The SMILES string of the molecule is CC(C)CC(N)C(=O)N(C)C1CCOCC1. The largest absolute Gasteiger partial charge is 0.381 e. The van der Waals surface area contributed by atoms with Gasteiger partial charge in [-0.1, -0.05) is 13.8 Å². The maximum absolute atomic E-state index is 12.0. The molecule has 2 N–H and O–H groups in total. The van der Waals surface area contributed by atoms with E-state index in [2.05, 4.69) is 13.8 Å². The average Bonchev–Trinajstić information content (AvgIpc) is 2.27. The van der Waals surface area contributed by atoms with Crippen molar-refractivity contribution in [2.24, 2.45) is 11.7 Å². The molecule has 1 rings (SSSR count). The molecule has 0 aliphatic carbocycles. The van der Waals surface area contributed by atoms with Gasteiger partial charge in [-0.15, -0.1) is 0 Å². The highest BCUT2D eigenvalue weighted by Crippen LogP contribution is 2.15. The second kappa shape index (κ2) is 6.21. The first-order valence-corrected chi connectivity index (χ1v) is 6.12. The molecule has 0 radical (unpaired) electrons. The summed E-state index contributed by atoms with van der Waals surface area (Å²) in [5.74, 6) is 0.530. The summed E-state index contributed by atoms with van der Waals surface area (Å²) in [6.07, 6.45) is 2.61. The standard InChI is InChI=1S/C12H24N2O2/c1-9(2)8-11(13)12(15)14(3)10-4-6-16-7-5-10/h9-11H,4-8,13H2,1-3H3. The molecular weight excluding hydrogens is 204 g/mol. The molecule has 4 nitrogen and oxygen atoms in total. The summed E-state index contributed by atoms with van der Waals surface area (Å²) < 4.78 is 5.29. The van der Waals surface area contributed by atoms with Crippen LogP contribution in [0.5, 0.6) is 0 Å². The lowest BCUT2D eigenvalue weighted by Crippen LogP contribution is -2.48. The van der Waals surface area contributed by atoms with Crippen molar-refractivity contribution in [2.75, 3.05) is 20.3 Å². The van der Waals surface area contributed by atoms with Gasteiger partial charge in [-0.2, -0.15) is 0 Å². The predicted molar refractivity (Wildman–Crippen MR) is 64.0 cm³/mol. The molecule has 1 unspecified atom stereocenters. The Morgan fingerprint density at radius 1 is 1.44 bits per heavy atom. The van der Waals surface area contributed by atoms with Gasteiger partial charge in [0, 0.05) is 26.3 Å². The molecule has 1 fully saturated rings. The van der Waals surface area contributed by atoms with E-state index in [9.17, 15) is 4.79 Å². The van der Waals surface area contributed by atoms with Crippen LogP contribution in [0.1, 0.15) is 33.1 Å². The van der Waals surface area contributed by atoms with Crippen LogP contribution >= 0.6 is 0 Å². The van der Waals surface area contributed by atoms with Crippen LogP contribution in [0.15, 0.2) is 0 Å². The minimum atomic E-state index is -0.354. The Hall–Kier alpha value is -0.610. The molecule has 94 valence electrons. The minimum Gasteiger partial charge on any atom is -0.381 e. The maximum Gasteiger partial charge on any atom is 0.239 e. The first kappa shape index (κ1) is 13.5. The second-order valence-electron chi connectivity index (χ2n) is 5.03. The van der Waals surface area contributed by atoms with Crippen molar-refractivity contribution in [3.05, 3.63) is 0 Å². The summed E-state index contributed by atoms with van der Waals surface area (Å²) in [6.45, 7) is 5.67. The molecule has 1 heterocycles. The number of hydrogen-bond acceptors (Lipinski definition) is 3.